The monoisotopic (exact) mass is 226 g/mol. The van der Waals surface area contributed by atoms with Crippen LogP contribution >= 0.6 is 0 Å². The predicted octanol–water partition coefficient (Wildman–Crippen LogP) is 1.93. The lowest BCUT2D eigenvalue weighted by molar-refractivity contribution is -0.122. The van der Waals surface area contributed by atoms with Crippen LogP contribution in [0, 0.1) is 11.3 Å². The summed E-state index contributed by atoms with van der Waals surface area (Å²) < 4.78 is 0. The first kappa shape index (κ1) is 13.5. The molecule has 0 aromatic carbocycles. The van der Waals surface area contributed by atoms with Crippen molar-refractivity contribution in [1.82, 2.24) is 10.6 Å². The van der Waals surface area contributed by atoms with Gasteiger partial charge in [-0.2, -0.15) is 0 Å². The summed E-state index contributed by atoms with van der Waals surface area (Å²) in [7, 11) is 0. The number of rotatable bonds is 7. The Labute approximate surface area is 99.4 Å². The molecule has 1 atom stereocenters. The van der Waals surface area contributed by atoms with Gasteiger partial charge in [0.05, 0.1) is 6.04 Å². The molecule has 0 aliphatic heterocycles. The third-order valence-electron chi connectivity index (χ3n) is 3.57. The van der Waals surface area contributed by atoms with Gasteiger partial charge in [0.15, 0.2) is 0 Å². The van der Waals surface area contributed by atoms with E-state index < -0.39 is 0 Å². The lowest BCUT2D eigenvalue weighted by atomic mass is 10.0. The summed E-state index contributed by atoms with van der Waals surface area (Å²) in [5.41, 5.74) is 0.507. The maximum atomic E-state index is 11.7. The molecule has 1 amide bonds. The number of hydrogen-bond acceptors (Lipinski definition) is 2. The first-order valence-corrected chi connectivity index (χ1v) is 6.50. The molecule has 1 aliphatic rings. The van der Waals surface area contributed by atoms with Crippen LogP contribution in [-0.4, -0.2) is 25.0 Å². The highest BCUT2D eigenvalue weighted by molar-refractivity contribution is 5.81. The van der Waals surface area contributed by atoms with Gasteiger partial charge >= 0.3 is 0 Å². The van der Waals surface area contributed by atoms with Gasteiger partial charge in [-0.3, -0.25) is 4.79 Å². The summed E-state index contributed by atoms with van der Waals surface area (Å²) in [6.07, 6.45) is 3.86. The van der Waals surface area contributed by atoms with E-state index in [-0.39, 0.29) is 11.9 Å². The summed E-state index contributed by atoms with van der Waals surface area (Å²) >= 11 is 0. The zero-order valence-corrected chi connectivity index (χ0v) is 11.1. The fraction of sp³-hybridized carbons (Fsp3) is 0.923. The zero-order valence-electron chi connectivity index (χ0n) is 11.1. The highest BCUT2D eigenvalue weighted by Crippen LogP contribution is 2.47. The molecule has 1 fully saturated rings. The van der Waals surface area contributed by atoms with E-state index in [0.29, 0.717) is 11.3 Å². The fourth-order valence-electron chi connectivity index (χ4n) is 1.75. The molecule has 0 aromatic heterocycles. The van der Waals surface area contributed by atoms with Gasteiger partial charge in [-0.15, -0.1) is 0 Å². The Morgan fingerprint density at radius 2 is 1.94 bits per heavy atom. The van der Waals surface area contributed by atoms with E-state index in [2.05, 4.69) is 31.4 Å². The number of hydrogen-bond donors (Lipinski definition) is 2. The second-order valence-electron chi connectivity index (χ2n) is 5.60. The van der Waals surface area contributed by atoms with Gasteiger partial charge in [0.2, 0.25) is 5.91 Å². The minimum atomic E-state index is -0.0669. The molecule has 1 saturated carbocycles. The van der Waals surface area contributed by atoms with Crippen molar-refractivity contribution < 1.29 is 4.79 Å². The molecule has 0 radical (unpaired) electrons. The molecule has 3 heteroatoms. The topological polar surface area (TPSA) is 41.1 Å². The van der Waals surface area contributed by atoms with Gasteiger partial charge in [-0.25, -0.2) is 0 Å². The molecule has 1 aliphatic carbocycles. The van der Waals surface area contributed by atoms with Gasteiger partial charge < -0.3 is 10.6 Å². The van der Waals surface area contributed by atoms with Crippen LogP contribution in [0.1, 0.15) is 47.0 Å². The van der Waals surface area contributed by atoms with Crippen molar-refractivity contribution in [2.75, 3.05) is 13.1 Å². The van der Waals surface area contributed by atoms with Crippen LogP contribution in [0.15, 0.2) is 0 Å². The largest absolute Gasteiger partial charge is 0.354 e. The summed E-state index contributed by atoms with van der Waals surface area (Å²) in [4.78, 5) is 11.7. The normalized spacial score (nSPS) is 19.6. The molecule has 0 saturated heterocycles. The minimum absolute atomic E-state index is 0.0669. The second kappa shape index (κ2) is 5.67. The van der Waals surface area contributed by atoms with Crippen molar-refractivity contribution in [3.05, 3.63) is 0 Å². The summed E-state index contributed by atoms with van der Waals surface area (Å²) in [6.45, 7) is 10.1. The fourth-order valence-corrected chi connectivity index (χ4v) is 1.75. The number of amides is 1. The van der Waals surface area contributed by atoms with E-state index >= 15 is 0 Å². The lowest BCUT2D eigenvalue weighted by Gasteiger charge is -2.19. The molecule has 0 spiro atoms. The van der Waals surface area contributed by atoms with Gasteiger partial charge in [0.25, 0.3) is 0 Å². The molecule has 3 nitrogen and oxygen atoms in total. The molecular formula is C13H26N2O. The first-order chi connectivity index (χ1) is 7.49. The molecule has 1 unspecified atom stereocenters. The maximum absolute atomic E-state index is 11.7. The highest BCUT2D eigenvalue weighted by Gasteiger charge is 2.40. The second-order valence-corrected chi connectivity index (χ2v) is 5.60. The number of carbonyl (C=O) groups excluding carboxylic acids is 1. The Hall–Kier alpha value is -0.570. The quantitative estimate of drug-likeness (QED) is 0.696. The van der Waals surface area contributed by atoms with E-state index in [0.717, 1.165) is 13.1 Å². The standard InChI is InChI=1S/C13H26N2O/c1-5-13(6-7-13)9-15-11(4)12(16)14-8-10(2)3/h10-11,15H,5-9H2,1-4H3,(H,14,16). The van der Waals surface area contributed by atoms with Crippen LogP contribution in [0.5, 0.6) is 0 Å². The van der Waals surface area contributed by atoms with Gasteiger partial charge in [0, 0.05) is 13.1 Å². The highest BCUT2D eigenvalue weighted by atomic mass is 16.2. The van der Waals surface area contributed by atoms with Crippen molar-refractivity contribution >= 4 is 5.91 Å². The maximum Gasteiger partial charge on any atom is 0.236 e. The third kappa shape index (κ3) is 4.12. The van der Waals surface area contributed by atoms with Crippen LogP contribution in [0.3, 0.4) is 0 Å². The van der Waals surface area contributed by atoms with Gasteiger partial charge in [-0.05, 0) is 37.5 Å². The molecular weight excluding hydrogens is 200 g/mol. The Bertz CT molecular complexity index is 234. The van der Waals surface area contributed by atoms with Crippen molar-refractivity contribution in [2.24, 2.45) is 11.3 Å². The smallest absolute Gasteiger partial charge is 0.236 e. The van der Waals surface area contributed by atoms with E-state index in [4.69, 9.17) is 0 Å². The number of nitrogens with one attached hydrogen (secondary N) is 2. The van der Waals surface area contributed by atoms with Crippen LogP contribution in [0.4, 0.5) is 0 Å². The van der Waals surface area contributed by atoms with Crippen molar-refractivity contribution in [3.63, 3.8) is 0 Å². The van der Waals surface area contributed by atoms with Crippen LogP contribution in [-0.2, 0) is 4.79 Å². The molecule has 1 rings (SSSR count). The van der Waals surface area contributed by atoms with Crippen LogP contribution in [0.25, 0.3) is 0 Å². The minimum Gasteiger partial charge on any atom is -0.354 e. The van der Waals surface area contributed by atoms with E-state index in [1.807, 2.05) is 6.92 Å². The Balaban J connectivity index is 2.18. The molecule has 0 bridgehead atoms. The van der Waals surface area contributed by atoms with Crippen LogP contribution < -0.4 is 10.6 Å². The molecule has 16 heavy (non-hydrogen) atoms. The molecule has 94 valence electrons. The van der Waals surface area contributed by atoms with Crippen molar-refractivity contribution in [3.8, 4) is 0 Å². The summed E-state index contributed by atoms with van der Waals surface area (Å²) in [6, 6.07) is -0.0669. The molecule has 0 aromatic rings. The van der Waals surface area contributed by atoms with Crippen molar-refractivity contribution in [2.45, 2.75) is 53.0 Å². The van der Waals surface area contributed by atoms with Crippen LogP contribution in [0.2, 0.25) is 0 Å². The lowest BCUT2D eigenvalue weighted by Crippen LogP contribution is -2.45. The Kier molecular flexibility index (Phi) is 4.78. The van der Waals surface area contributed by atoms with Gasteiger partial charge in [-0.1, -0.05) is 20.8 Å². The Morgan fingerprint density at radius 1 is 1.31 bits per heavy atom. The summed E-state index contributed by atoms with van der Waals surface area (Å²) in [5.74, 6) is 0.641. The Morgan fingerprint density at radius 3 is 2.38 bits per heavy atom. The number of carbonyl (C=O) groups is 1. The van der Waals surface area contributed by atoms with Gasteiger partial charge in [0.1, 0.15) is 0 Å². The van der Waals surface area contributed by atoms with Crippen molar-refractivity contribution in [1.29, 1.82) is 0 Å². The SMILES string of the molecule is CCC1(CNC(C)C(=O)NCC(C)C)CC1. The average molecular weight is 226 g/mol. The zero-order chi connectivity index (χ0) is 12.2. The summed E-state index contributed by atoms with van der Waals surface area (Å²) in [5, 5.41) is 6.30. The van der Waals surface area contributed by atoms with E-state index in [1.54, 1.807) is 0 Å². The first-order valence-electron chi connectivity index (χ1n) is 6.50. The molecule has 0 heterocycles. The van der Waals surface area contributed by atoms with E-state index in [1.165, 1.54) is 19.3 Å². The third-order valence-corrected chi connectivity index (χ3v) is 3.57. The average Bonchev–Trinajstić information content (AvgIpc) is 3.03. The predicted molar refractivity (Wildman–Crippen MR) is 67.3 cm³/mol. The molecule has 2 N–H and O–H groups in total. The van der Waals surface area contributed by atoms with E-state index in [9.17, 15) is 4.79 Å².